The summed E-state index contributed by atoms with van der Waals surface area (Å²) in [6, 6.07) is 0. The second kappa shape index (κ2) is 32.3. The lowest BCUT2D eigenvalue weighted by atomic mass is 10.0. The summed E-state index contributed by atoms with van der Waals surface area (Å²) >= 11 is 0. The second-order valence-corrected chi connectivity index (χ2v) is 12.5. The van der Waals surface area contributed by atoms with E-state index in [0.29, 0.717) is 12.8 Å². The number of rotatable bonds is 33. The molecular weight excluding hydrogens is 526 g/mol. The molecule has 6 heteroatoms. The molecule has 2 N–H and O–H groups in total. The van der Waals surface area contributed by atoms with Gasteiger partial charge in [0.1, 0.15) is 12.6 Å². The predicted molar refractivity (Wildman–Crippen MR) is 176 cm³/mol. The molecule has 0 saturated carbocycles. The average molecular weight is 596 g/mol. The van der Waals surface area contributed by atoms with E-state index in [9.17, 15) is 14.4 Å². The standard InChI is InChI=1S/C36H69NO5/c1-3-5-7-9-11-13-15-17-19-21-23-25-27-29-33(31-34(38)37-32-35(39)40)42-36(41)30-28-26-24-22-20-18-16-14-12-10-8-6-4-2/h33H,3-32H2,1-2H3,(H,37,38)(H,39,40). The Bertz CT molecular complexity index is 624. The first-order valence-corrected chi connectivity index (χ1v) is 18.2. The molecule has 1 unspecified atom stereocenters. The van der Waals surface area contributed by atoms with Gasteiger partial charge in [0, 0.05) is 6.42 Å². The Kier molecular flexibility index (Phi) is 31.1. The maximum atomic E-state index is 12.5. The van der Waals surface area contributed by atoms with E-state index in [4.69, 9.17) is 9.84 Å². The maximum absolute atomic E-state index is 12.5. The third-order valence-electron chi connectivity index (χ3n) is 8.26. The summed E-state index contributed by atoms with van der Waals surface area (Å²) in [5.41, 5.74) is 0. The van der Waals surface area contributed by atoms with Crippen molar-refractivity contribution in [2.75, 3.05) is 6.54 Å². The highest BCUT2D eigenvalue weighted by Crippen LogP contribution is 2.17. The van der Waals surface area contributed by atoms with Crippen molar-refractivity contribution in [3.8, 4) is 0 Å². The molecule has 0 heterocycles. The smallest absolute Gasteiger partial charge is 0.322 e. The van der Waals surface area contributed by atoms with Crippen molar-refractivity contribution in [1.82, 2.24) is 5.32 Å². The molecule has 0 rings (SSSR count). The van der Waals surface area contributed by atoms with Gasteiger partial charge in [-0.15, -0.1) is 0 Å². The highest BCUT2D eigenvalue weighted by atomic mass is 16.5. The van der Waals surface area contributed by atoms with Crippen molar-refractivity contribution in [3.05, 3.63) is 0 Å². The number of nitrogens with one attached hydrogen (secondary N) is 1. The van der Waals surface area contributed by atoms with Crippen LogP contribution in [0.15, 0.2) is 0 Å². The Morgan fingerprint density at radius 2 is 0.905 bits per heavy atom. The Labute approximate surface area is 259 Å². The number of carbonyl (C=O) groups is 3. The van der Waals surface area contributed by atoms with Crippen LogP contribution in [0, 0.1) is 0 Å². The maximum Gasteiger partial charge on any atom is 0.322 e. The Hall–Kier alpha value is -1.59. The predicted octanol–water partition coefficient (Wildman–Crippen LogP) is 10.5. The molecule has 248 valence electrons. The molecule has 0 fully saturated rings. The molecule has 0 aliphatic carbocycles. The molecule has 42 heavy (non-hydrogen) atoms. The van der Waals surface area contributed by atoms with Gasteiger partial charge in [-0.25, -0.2) is 0 Å². The van der Waals surface area contributed by atoms with Crippen molar-refractivity contribution in [2.45, 2.75) is 206 Å². The molecule has 1 amide bonds. The first kappa shape index (κ1) is 40.4. The minimum Gasteiger partial charge on any atom is -0.480 e. The zero-order valence-electron chi connectivity index (χ0n) is 27.9. The fraction of sp³-hybridized carbons (Fsp3) is 0.917. The van der Waals surface area contributed by atoms with Gasteiger partial charge >= 0.3 is 11.9 Å². The number of carboxylic acid groups (broad SMARTS) is 1. The third-order valence-corrected chi connectivity index (χ3v) is 8.26. The van der Waals surface area contributed by atoms with Crippen LogP contribution >= 0.6 is 0 Å². The van der Waals surface area contributed by atoms with Gasteiger partial charge in [-0.2, -0.15) is 0 Å². The largest absolute Gasteiger partial charge is 0.480 e. The number of hydrogen-bond acceptors (Lipinski definition) is 4. The summed E-state index contributed by atoms with van der Waals surface area (Å²) in [6.45, 7) is 4.11. The molecule has 0 aromatic rings. The van der Waals surface area contributed by atoms with Crippen LogP contribution in [0.1, 0.15) is 200 Å². The molecule has 0 aliphatic heterocycles. The Morgan fingerprint density at radius 3 is 1.29 bits per heavy atom. The van der Waals surface area contributed by atoms with E-state index >= 15 is 0 Å². The lowest BCUT2D eigenvalue weighted by molar-refractivity contribution is -0.151. The molecule has 6 nitrogen and oxygen atoms in total. The fourth-order valence-corrected chi connectivity index (χ4v) is 5.58. The third kappa shape index (κ3) is 31.3. The number of aliphatic carboxylic acids is 1. The van der Waals surface area contributed by atoms with Crippen LogP contribution in [-0.4, -0.2) is 35.6 Å². The molecule has 0 saturated heterocycles. The summed E-state index contributed by atoms with van der Waals surface area (Å²) in [5.74, 6) is -1.68. The lowest BCUT2D eigenvalue weighted by Crippen LogP contribution is -2.33. The van der Waals surface area contributed by atoms with Gasteiger partial charge in [0.05, 0.1) is 6.42 Å². The highest BCUT2D eigenvalue weighted by Gasteiger charge is 2.18. The molecule has 0 aromatic carbocycles. The number of unbranched alkanes of at least 4 members (excludes halogenated alkanes) is 24. The Balaban J connectivity index is 4.00. The van der Waals surface area contributed by atoms with Gasteiger partial charge in [0.15, 0.2) is 0 Å². The van der Waals surface area contributed by atoms with Gasteiger partial charge in [-0.05, 0) is 19.3 Å². The van der Waals surface area contributed by atoms with Crippen LogP contribution in [0.25, 0.3) is 0 Å². The van der Waals surface area contributed by atoms with Gasteiger partial charge < -0.3 is 15.2 Å². The van der Waals surface area contributed by atoms with Crippen molar-refractivity contribution >= 4 is 17.8 Å². The van der Waals surface area contributed by atoms with Crippen LogP contribution in [0.2, 0.25) is 0 Å². The average Bonchev–Trinajstić information content (AvgIpc) is 2.96. The SMILES string of the molecule is CCCCCCCCCCCCCCCC(=O)OC(CCCCCCCCCCCCCCC)CC(=O)NCC(=O)O. The first-order valence-electron chi connectivity index (χ1n) is 18.2. The van der Waals surface area contributed by atoms with Crippen LogP contribution < -0.4 is 5.32 Å². The summed E-state index contributed by atoms with van der Waals surface area (Å²) in [7, 11) is 0. The number of ether oxygens (including phenoxy) is 1. The second-order valence-electron chi connectivity index (χ2n) is 12.5. The molecular formula is C36H69NO5. The van der Waals surface area contributed by atoms with E-state index in [1.54, 1.807) is 0 Å². The zero-order valence-corrected chi connectivity index (χ0v) is 27.9. The van der Waals surface area contributed by atoms with Gasteiger partial charge in [-0.1, -0.05) is 168 Å². The fourth-order valence-electron chi connectivity index (χ4n) is 5.58. The van der Waals surface area contributed by atoms with Crippen LogP contribution in [0.5, 0.6) is 0 Å². The molecule has 0 bridgehead atoms. The monoisotopic (exact) mass is 596 g/mol. The summed E-state index contributed by atoms with van der Waals surface area (Å²) < 4.78 is 5.69. The van der Waals surface area contributed by atoms with Crippen molar-refractivity contribution in [2.24, 2.45) is 0 Å². The Morgan fingerprint density at radius 1 is 0.548 bits per heavy atom. The molecule has 1 atom stereocenters. The van der Waals surface area contributed by atoms with E-state index < -0.39 is 18.6 Å². The lowest BCUT2D eigenvalue weighted by Gasteiger charge is -2.18. The minimum absolute atomic E-state index is 0.0376. The summed E-state index contributed by atoms with van der Waals surface area (Å²) in [4.78, 5) is 35.5. The first-order chi connectivity index (χ1) is 20.5. The highest BCUT2D eigenvalue weighted by molar-refractivity contribution is 5.81. The normalized spacial score (nSPS) is 11.9. The molecule has 0 radical (unpaired) electrons. The van der Waals surface area contributed by atoms with Crippen LogP contribution in [0.4, 0.5) is 0 Å². The molecule has 0 aromatic heterocycles. The van der Waals surface area contributed by atoms with Crippen LogP contribution in [0.3, 0.4) is 0 Å². The number of hydrogen-bond donors (Lipinski definition) is 2. The molecule has 0 aliphatic rings. The van der Waals surface area contributed by atoms with Crippen LogP contribution in [-0.2, 0) is 19.1 Å². The summed E-state index contributed by atoms with van der Waals surface area (Å²) in [5, 5.41) is 11.2. The number of carbonyl (C=O) groups excluding carboxylic acids is 2. The van der Waals surface area contributed by atoms with E-state index in [0.717, 1.165) is 32.1 Å². The zero-order chi connectivity index (χ0) is 30.9. The van der Waals surface area contributed by atoms with E-state index in [2.05, 4.69) is 19.2 Å². The molecule has 0 spiro atoms. The topological polar surface area (TPSA) is 92.7 Å². The van der Waals surface area contributed by atoms with Gasteiger partial charge in [0.25, 0.3) is 0 Å². The van der Waals surface area contributed by atoms with Gasteiger partial charge in [0.2, 0.25) is 5.91 Å². The van der Waals surface area contributed by atoms with Crippen molar-refractivity contribution < 1.29 is 24.2 Å². The van der Waals surface area contributed by atoms with Gasteiger partial charge in [-0.3, -0.25) is 14.4 Å². The number of esters is 1. The van der Waals surface area contributed by atoms with Crippen molar-refractivity contribution in [3.63, 3.8) is 0 Å². The quantitative estimate of drug-likeness (QED) is 0.0581. The van der Waals surface area contributed by atoms with E-state index in [1.165, 1.54) is 135 Å². The number of carboxylic acids is 1. The summed E-state index contributed by atoms with van der Waals surface area (Å²) in [6.07, 6.45) is 33.5. The number of amides is 1. The van der Waals surface area contributed by atoms with Crippen molar-refractivity contribution in [1.29, 1.82) is 0 Å². The van der Waals surface area contributed by atoms with E-state index in [1.807, 2.05) is 0 Å². The minimum atomic E-state index is -1.07. The van der Waals surface area contributed by atoms with E-state index in [-0.39, 0.29) is 18.3 Å².